The second-order valence-electron chi connectivity index (χ2n) is 8.01. The van der Waals surface area contributed by atoms with Crippen LogP contribution < -0.4 is 0 Å². The Hall–Kier alpha value is -3.81. The summed E-state index contributed by atoms with van der Waals surface area (Å²) >= 11 is 6.20. The summed E-state index contributed by atoms with van der Waals surface area (Å²) in [5.41, 5.74) is 8.29. The lowest BCUT2D eigenvalue weighted by atomic mass is 10.0. The molecule has 152 valence electrons. The standard InChI is InChI=1S/C30H20ClN/c31-25-10-6-9-23(19-25)22-13-16-26(17-14-22)32-29-12-5-4-11-27(29)28-18-15-24(20-30(28)32)21-7-2-1-3-8-21/h1-20H. The van der Waals surface area contributed by atoms with Crippen molar-refractivity contribution in [1.29, 1.82) is 0 Å². The van der Waals surface area contributed by atoms with E-state index in [4.69, 9.17) is 11.6 Å². The Morgan fingerprint density at radius 1 is 0.438 bits per heavy atom. The first-order chi connectivity index (χ1) is 15.8. The van der Waals surface area contributed by atoms with E-state index in [0.717, 1.165) is 21.8 Å². The van der Waals surface area contributed by atoms with Crippen molar-refractivity contribution in [2.45, 2.75) is 0 Å². The summed E-state index contributed by atoms with van der Waals surface area (Å²) in [6, 6.07) is 42.6. The summed E-state index contributed by atoms with van der Waals surface area (Å²) in [7, 11) is 0. The first-order valence-corrected chi connectivity index (χ1v) is 11.1. The van der Waals surface area contributed by atoms with Gasteiger partial charge < -0.3 is 4.57 Å². The van der Waals surface area contributed by atoms with Crippen molar-refractivity contribution < 1.29 is 0 Å². The smallest absolute Gasteiger partial charge is 0.0547 e. The Bertz CT molecular complexity index is 1560. The first kappa shape index (κ1) is 18.9. The summed E-state index contributed by atoms with van der Waals surface area (Å²) in [5, 5.41) is 3.28. The molecule has 1 aromatic heterocycles. The molecule has 1 heterocycles. The lowest BCUT2D eigenvalue weighted by molar-refractivity contribution is 1.18. The molecule has 0 aliphatic carbocycles. The van der Waals surface area contributed by atoms with Gasteiger partial charge in [-0.15, -0.1) is 0 Å². The second-order valence-corrected chi connectivity index (χ2v) is 8.44. The molecule has 0 bridgehead atoms. The van der Waals surface area contributed by atoms with Crippen LogP contribution in [-0.4, -0.2) is 4.57 Å². The number of hydrogen-bond acceptors (Lipinski definition) is 0. The number of halogens is 1. The van der Waals surface area contributed by atoms with Crippen molar-refractivity contribution in [3.63, 3.8) is 0 Å². The monoisotopic (exact) mass is 429 g/mol. The fourth-order valence-corrected chi connectivity index (χ4v) is 4.72. The van der Waals surface area contributed by atoms with Gasteiger partial charge in [-0.25, -0.2) is 0 Å². The maximum atomic E-state index is 6.20. The predicted molar refractivity (Wildman–Crippen MR) is 137 cm³/mol. The van der Waals surface area contributed by atoms with Gasteiger partial charge in [-0.05, 0) is 58.7 Å². The molecular weight excluding hydrogens is 410 g/mol. The molecule has 32 heavy (non-hydrogen) atoms. The summed E-state index contributed by atoms with van der Waals surface area (Å²) in [6.45, 7) is 0. The molecule has 0 N–H and O–H groups in total. The van der Waals surface area contributed by atoms with Crippen molar-refractivity contribution in [2.24, 2.45) is 0 Å². The fraction of sp³-hybridized carbons (Fsp3) is 0. The molecule has 1 nitrogen and oxygen atoms in total. The van der Waals surface area contributed by atoms with E-state index in [-0.39, 0.29) is 0 Å². The highest BCUT2D eigenvalue weighted by Gasteiger charge is 2.13. The number of rotatable bonds is 3. The number of hydrogen-bond donors (Lipinski definition) is 0. The van der Waals surface area contributed by atoms with Gasteiger partial charge in [0.15, 0.2) is 0 Å². The summed E-state index contributed by atoms with van der Waals surface area (Å²) in [5.74, 6) is 0. The first-order valence-electron chi connectivity index (χ1n) is 10.7. The summed E-state index contributed by atoms with van der Waals surface area (Å²) in [6.07, 6.45) is 0. The molecule has 0 unspecified atom stereocenters. The van der Waals surface area contributed by atoms with Gasteiger partial charge >= 0.3 is 0 Å². The highest BCUT2D eigenvalue weighted by atomic mass is 35.5. The van der Waals surface area contributed by atoms with Gasteiger partial charge in [-0.1, -0.05) is 96.5 Å². The van der Waals surface area contributed by atoms with E-state index in [0.29, 0.717) is 0 Å². The van der Waals surface area contributed by atoms with Crippen LogP contribution in [0.5, 0.6) is 0 Å². The number of fused-ring (bicyclic) bond motifs is 3. The number of para-hydroxylation sites is 1. The van der Waals surface area contributed by atoms with Crippen LogP contribution in [0.3, 0.4) is 0 Å². The highest BCUT2D eigenvalue weighted by Crippen LogP contribution is 2.35. The number of benzene rings is 5. The molecule has 5 aromatic carbocycles. The maximum absolute atomic E-state index is 6.20. The lowest BCUT2D eigenvalue weighted by Gasteiger charge is -2.10. The third-order valence-electron chi connectivity index (χ3n) is 6.06. The molecule has 6 rings (SSSR count). The SMILES string of the molecule is Clc1cccc(-c2ccc(-n3c4ccccc4c4ccc(-c5ccccc5)cc43)cc2)c1. The normalized spacial score (nSPS) is 11.3. The molecule has 6 aromatic rings. The van der Waals surface area contributed by atoms with Gasteiger partial charge in [-0.2, -0.15) is 0 Å². The molecule has 2 heteroatoms. The van der Waals surface area contributed by atoms with Gasteiger partial charge in [0.25, 0.3) is 0 Å². The van der Waals surface area contributed by atoms with E-state index in [1.165, 1.54) is 32.9 Å². The van der Waals surface area contributed by atoms with Crippen molar-refractivity contribution in [1.82, 2.24) is 4.57 Å². The molecule has 0 amide bonds. The van der Waals surface area contributed by atoms with E-state index >= 15 is 0 Å². The van der Waals surface area contributed by atoms with Gasteiger partial charge in [0.1, 0.15) is 0 Å². The number of nitrogens with zero attached hydrogens (tertiary/aromatic N) is 1. The zero-order chi connectivity index (χ0) is 21.5. The average molecular weight is 430 g/mol. The van der Waals surface area contributed by atoms with Gasteiger partial charge in [0.2, 0.25) is 0 Å². The van der Waals surface area contributed by atoms with Crippen molar-refractivity contribution in [3.8, 4) is 27.9 Å². The van der Waals surface area contributed by atoms with Crippen molar-refractivity contribution >= 4 is 33.4 Å². The molecule has 0 aliphatic heterocycles. The molecule has 0 saturated carbocycles. The summed E-state index contributed by atoms with van der Waals surface area (Å²) < 4.78 is 2.36. The van der Waals surface area contributed by atoms with E-state index in [1.54, 1.807) is 0 Å². The molecular formula is C30H20ClN. The van der Waals surface area contributed by atoms with Crippen molar-refractivity contribution in [2.75, 3.05) is 0 Å². The third kappa shape index (κ3) is 3.19. The lowest BCUT2D eigenvalue weighted by Crippen LogP contribution is -1.94. The van der Waals surface area contributed by atoms with Gasteiger partial charge in [0.05, 0.1) is 11.0 Å². The van der Waals surface area contributed by atoms with E-state index < -0.39 is 0 Å². The zero-order valence-electron chi connectivity index (χ0n) is 17.4. The van der Waals surface area contributed by atoms with E-state index in [9.17, 15) is 0 Å². The van der Waals surface area contributed by atoms with Crippen LogP contribution in [0.15, 0.2) is 121 Å². The van der Waals surface area contributed by atoms with E-state index in [2.05, 4.69) is 108 Å². The Balaban J connectivity index is 1.55. The van der Waals surface area contributed by atoms with Crippen LogP contribution in [-0.2, 0) is 0 Å². The Kier molecular flexibility index (Phi) is 4.56. The minimum absolute atomic E-state index is 0.752. The Morgan fingerprint density at radius 2 is 1.06 bits per heavy atom. The molecule has 0 atom stereocenters. The third-order valence-corrected chi connectivity index (χ3v) is 6.30. The summed E-state index contributed by atoms with van der Waals surface area (Å²) in [4.78, 5) is 0. The van der Waals surface area contributed by atoms with Crippen LogP contribution in [0, 0.1) is 0 Å². The van der Waals surface area contributed by atoms with Crippen LogP contribution in [0.2, 0.25) is 5.02 Å². The Morgan fingerprint density at radius 3 is 1.88 bits per heavy atom. The number of aromatic nitrogens is 1. The maximum Gasteiger partial charge on any atom is 0.0547 e. The van der Waals surface area contributed by atoms with Gasteiger partial charge in [-0.3, -0.25) is 0 Å². The fourth-order valence-electron chi connectivity index (χ4n) is 4.53. The van der Waals surface area contributed by atoms with Crippen LogP contribution in [0.25, 0.3) is 49.7 Å². The van der Waals surface area contributed by atoms with Crippen LogP contribution in [0.4, 0.5) is 0 Å². The average Bonchev–Trinajstić information content (AvgIpc) is 3.18. The molecule has 0 fully saturated rings. The molecule has 0 radical (unpaired) electrons. The second kappa shape index (κ2) is 7.71. The van der Waals surface area contributed by atoms with Gasteiger partial charge in [0, 0.05) is 21.5 Å². The minimum atomic E-state index is 0.752. The van der Waals surface area contributed by atoms with Crippen molar-refractivity contribution in [3.05, 3.63) is 126 Å². The van der Waals surface area contributed by atoms with Crippen LogP contribution in [0.1, 0.15) is 0 Å². The Labute approximate surface area is 192 Å². The molecule has 0 aliphatic rings. The quantitative estimate of drug-likeness (QED) is 0.265. The topological polar surface area (TPSA) is 4.93 Å². The van der Waals surface area contributed by atoms with Crippen LogP contribution >= 0.6 is 11.6 Å². The minimum Gasteiger partial charge on any atom is -0.309 e. The highest BCUT2D eigenvalue weighted by molar-refractivity contribution is 6.30. The molecule has 0 saturated heterocycles. The largest absolute Gasteiger partial charge is 0.309 e. The van der Waals surface area contributed by atoms with E-state index in [1.807, 2.05) is 18.2 Å². The molecule has 0 spiro atoms. The zero-order valence-corrected chi connectivity index (χ0v) is 18.1. The predicted octanol–water partition coefficient (Wildman–Crippen LogP) is 8.77.